The van der Waals surface area contributed by atoms with Gasteiger partial charge in [0.2, 0.25) is 11.9 Å². The number of hydrogen-bond donors (Lipinski definition) is 2. The molecule has 0 bridgehead atoms. The van der Waals surface area contributed by atoms with Crippen LogP contribution in [0.4, 0.5) is 5.95 Å². The second kappa shape index (κ2) is 5.57. The Morgan fingerprint density at radius 1 is 1.24 bits per heavy atom. The quantitative estimate of drug-likeness (QED) is 0.868. The van der Waals surface area contributed by atoms with E-state index >= 15 is 0 Å². The minimum Gasteiger partial charge on any atom is -0.302 e. The summed E-state index contributed by atoms with van der Waals surface area (Å²) in [4.78, 5) is 16.7. The van der Waals surface area contributed by atoms with Crippen LogP contribution >= 0.6 is 0 Å². The Balaban J connectivity index is 1.81. The van der Waals surface area contributed by atoms with Crippen LogP contribution in [0.2, 0.25) is 0 Å². The van der Waals surface area contributed by atoms with Crippen LogP contribution in [0.15, 0.2) is 24.3 Å². The standard InChI is InChI=1S/C15H17N5O/c1-9-10(2)19-20-15(17-9)18-14(21)13-12-6-4-3-5-11(12)7-8-16-13/h3-6,13,16H,7-8H2,1-2H3,(H,17,18,20,21). The maximum absolute atomic E-state index is 12.4. The van der Waals surface area contributed by atoms with Gasteiger partial charge in [-0.05, 0) is 31.4 Å². The molecule has 6 heteroatoms. The Labute approximate surface area is 123 Å². The topological polar surface area (TPSA) is 79.8 Å². The van der Waals surface area contributed by atoms with E-state index in [9.17, 15) is 4.79 Å². The van der Waals surface area contributed by atoms with Crippen LogP contribution in [-0.2, 0) is 11.2 Å². The lowest BCUT2D eigenvalue weighted by molar-refractivity contribution is -0.118. The van der Waals surface area contributed by atoms with E-state index in [4.69, 9.17) is 0 Å². The number of anilines is 1. The van der Waals surface area contributed by atoms with E-state index in [1.807, 2.05) is 32.0 Å². The largest absolute Gasteiger partial charge is 0.302 e. The van der Waals surface area contributed by atoms with Gasteiger partial charge in [0.15, 0.2) is 0 Å². The first-order valence-electron chi connectivity index (χ1n) is 6.95. The molecule has 1 amide bonds. The molecule has 1 aromatic heterocycles. The Hall–Kier alpha value is -2.34. The molecule has 1 atom stereocenters. The average molecular weight is 283 g/mol. The number of rotatable bonds is 2. The summed E-state index contributed by atoms with van der Waals surface area (Å²) in [7, 11) is 0. The molecule has 108 valence electrons. The van der Waals surface area contributed by atoms with Crippen molar-refractivity contribution in [2.24, 2.45) is 0 Å². The maximum atomic E-state index is 12.4. The molecular formula is C15H17N5O. The third-order valence-electron chi connectivity index (χ3n) is 3.70. The first-order valence-corrected chi connectivity index (χ1v) is 6.95. The molecule has 2 aromatic rings. The van der Waals surface area contributed by atoms with Gasteiger partial charge in [-0.15, -0.1) is 5.10 Å². The Morgan fingerprint density at radius 2 is 2.05 bits per heavy atom. The summed E-state index contributed by atoms with van der Waals surface area (Å²) in [6.07, 6.45) is 0.932. The molecule has 2 heterocycles. The number of benzene rings is 1. The Kier molecular flexibility index (Phi) is 3.62. The zero-order chi connectivity index (χ0) is 14.8. The van der Waals surface area contributed by atoms with Crippen molar-refractivity contribution in [2.45, 2.75) is 26.3 Å². The van der Waals surface area contributed by atoms with Crippen LogP contribution in [0, 0.1) is 13.8 Å². The molecule has 6 nitrogen and oxygen atoms in total. The number of carbonyl (C=O) groups is 1. The Morgan fingerprint density at radius 3 is 2.86 bits per heavy atom. The van der Waals surface area contributed by atoms with Crippen molar-refractivity contribution in [3.8, 4) is 0 Å². The lowest BCUT2D eigenvalue weighted by Crippen LogP contribution is -2.38. The Bertz CT molecular complexity index is 686. The van der Waals surface area contributed by atoms with Crippen molar-refractivity contribution in [3.05, 3.63) is 46.8 Å². The van der Waals surface area contributed by atoms with Gasteiger partial charge in [0.05, 0.1) is 11.4 Å². The van der Waals surface area contributed by atoms with Crippen molar-refractivity contribution in [1.82, 2.24) is 20.5 Å². The average Bonchev–Trinajstić information content (AvgIpc) is 2.50. The number of hydrogen-bond acceptors (Lipinski definition) is 5. The first-order chi connectivity index (χ1) is 10.1. The van der Waals surface area contributed by atoms with Gasteiger partial charge in [0, 0.05) is 6.54 Å². The molecule has 0 saturated heterocycles. The molecule has 21 heavy (non-hydrogen) atoms. The third kappa shape index (κ3) is 2.75. The molecule has 1 aliphatic rings. The summed E-state index contributed by atoms with van der Waals surface area (Å²) >= 11 is 0. The minimum atomic E-state index is -0.375. The summed E-state index contributed by atoms with van der Waals surface area (Å²) in [5, 5.41) is 13.9. The number of aromatic nitrogens is 3. The van der Waals surface area contributed by atoms with Gasteiger partial charge in [-0.2, -0.15) is 5.10 Å². The fourth-order valence-corrected chi connectivity index (χ4v) is 2.43. The highest BCUT2D eigenvalue weighted by Gasteiger charge is 2.26. The molecule has 1 aliphatic heterocycles. The van der Waals surface area contributed by atoms with E-state index in [1.165, 1.54) is 5.56 Å². The zero-order valence-corrected chi connectivity index (χ0v) is 12.1. The van der Waals surface area contributed by atoms with E-state index < -0.39 is 0 Å². The molecule has 0 saturated carbocycles. The number of amides is 1. The van der Waals surface area contributed by atoms with Gasteiger partial charge in [-0.3, -0.25) is 10.1 Å². The van der Waals surface area contributed by atoms with Crippen molar-refractivity contribution in [3.63, 3.8) is 0 Å². The predicted octanol–water partition coefficient (Wildman–Crippen LogP) is 1.31. The summed E-state index contributed by atoms with van der Waals surface area (Å²) in [5.41, 5.74) is 3.74. The number of aryl methyl sites for hydroxylation is 2. The lowest BCUT2D eigenvalue weighted by atomic mass is 9.94. The molecule has 0 fully saturated rings. The highest BCUT2D eigenvalue weighted by Crippen LogP contribution is 2.23. The smallest absolute Gasteiger partial charge is 0.249 e. The van der Waals surface area contributed by atoms with Gasteiger partial charge in [-0.1, -0.05) is 24.3 Å². The van der Waals surface area contributed by atoms with Crippen LogP contribution in [0.1, 0.15) is 28.6 Å². The van der Waals surface area contributed by atoms with Crippen molar-refractivity contribution >= 4 is 11.9 Å². The summed E-state index contributed by atoms with van der Waals surface area (Å²) in [5.74, 6) is 0.0835. The minimum absolute atomic E-state index is 0.160. The molecule has 2 N–H and O–H groups in total. The zero-order valence-electron chi connectivity index (χ0n) is 12.1. The SMILES string of the molecule is Cc1nnc(NC(=O)C2NCCc3ccccc32)nc1C. The van der Waals surface area contributed by atoms with E-state index in [1.54, 1.807) is 0 Å². The van der Waals surface area contributed by atoms with Crippen molar-refractivity contribution in [2.75, 3.05) is 11.9 Å². The van der Waals surface area contributed by atoms with Gasteiger partial charge < -0.3 is 5.32 Å². The predicted molar refractivity (Wildman–Crippen MR) is 78.8 cm³/mol. The molecule has 3 rings (SSSR count). The van der Waals surface area contributed by atoms with Crippen LogP contribution in [-0.4, -0.2) is 27.6 Å². The van der Waals surface area contributed by atoms with Gasteiger partial charge in [0.25, 0.3) is 0 Å². The molecule has 1 unspecified atom stereocenters. The van der Waals surface area contributed by atoms with Crippen LogP contribution in [0.25, 0.3) is 0 Å². The molecule has 1 aromatic carbocycles. The number of carbonyl (C=O) groups excluding carboxylic acids is 1. The monoisotopic (exact) mass is 283 g/mol. The second-order valence-electron chi connectivity index (χ2n) is 5.13. The highest BCUT2D eigenvalue weighted by atomic mass is 16.2. The van der Waals surface area contributed by atoms with E-state index in [2.05, 4.69) is 31.9 Å². The van der Waals surface area contributed by atoms with Crippen LogP contribution in [0.3, 0.4) is 0 Å². The second-order valence-corrected chi connectivity index (χ2v) is 5.13. The van der Waals surface area contributed by atoms with Gasteiger partial charge in [-0.25, -0.2) is 4.98 Å². The van der Waals surface area contributed by atoms with Gasteiger partial charge >= 0.3 is 0 Å². The van der Waals surface area contributed by atoms with Crippen LogP contribution < -0.4 is 10.6 Å². The summed E-state index contributed by atoms with van der Waals surface area (Å²) < 4.78 is 0. The van der Waals surface area contributed by atoms with E-state index in [-0.39, 0.29) is 17.9 Å². The van der Waals surface area contributed by atoms with E-state index in [0.717, 1.165) is 29.9 Å². The van der Waals surface area contributed by atoms with Crippen LogP contribution in [0.5, 0.6) is 0 Å². The van der Waals surface area contributed by atoms with E-state index in [0.29, 0.717) is 0 Å². The van der Waals surface area contributed by atoms with Crippen molar-refractivity contribution in [1.29, 1.82) is 0 Å². The number of nitrogens with one attached hydrogen (secondary N) is 2. The first kappa shape index (κ1) is 13.6. The fraction of sp³-hybridized carbons (Fsp3) is 0.333. The molecular weight excluding hydrogens is 266 g/mol. The number of fused-ring (bicyclic) bond motifs is 1. The van der Waals surface area contributed by atoms with Crippen molar-refractivity contribution < 1.29 is 4.79 Å². The highest BCUT2D eigenvalue weighted by molar-refractivity contribution is 5.94. The summed E-state index contributed by atoms with van der Waals surface area (Å²) in [6.45, 7) is 4.45. The van der Waals surface area contributed by atoms with Gasteiger partial charge in [0.1, 0.15) is 6.04 Å². The maximum Gasteiger partial charge on any atom is 0.249 e. The third-order valence-corrected chi connectivity index (χ3v) is 3.70. The molecule has 0 spiro atoms. The molecule has 0 aliphatic carbocycles. The number of nitrogens with zero attached hydrogens (tertiary/aromatic N) is 3. The fourth-order valence-electron chi connectivity index (χ4n) is 2.43. The summed E-state index contributed by atoms with van der Waals surface area (Å²) in [6, 6.07) is 7.60. The lowest BCUT2D eigenvalue weighted by Gasteiger charge is -2.25. The molecule has 0 radical (unpaired) electrons. The normalized spacial score (nSPS) is 17.1.